The number of benzene rings is 3. The summed E-state index contributed by atoms with van der Waals surface area (Å²) >= 11 is 0. The summed E-state index contributed by atoms with van der Waals surface area (Å²) in [5.74, 6) is 1.53. The summed E-state index contributed by atoms with van der Waals surface area (Å²) < 4.78 is 19.1. The monoisotopic (exact) mass is 359 g/mol. The molecule has 3 aromatic carbocycles. The fraction of sp³-hybridized carbons (Fsp3) is 0.0455. The van der Waals surface area contributed by atoms with Gasteiger partial charge in [-0.3, -0.25) is 0 Å². The molecular weight excluding hydrogens is 341 g/mol. The molecule has 0 saturated carbocycles. The van der Waals surface area contributed by atoms with Crippen LogP contribution in [0, 0.1) is 5.82 Å². The third-order valence-corrected chi connectivity index (χ3v) is 4.20. The number of aliphatic imine (C=N–C) groups is 1. The second-order valence-electron chi connectivity index (χ2n) is 6.16. The van der Waals surface area contributed by atoms with Gasteiger partial charge in [0.15, 0.2) is 5.96 Å². The fourth-order valence-corrected chi connectivity index (χ4v) is 2.91. The Labute approximate surface area is 156 Å². The van der Waals surface area contributed by atoms with E-state index in [9.17, 15) is 4.39 Å². The molecule has 0 aliphatic carbocycles. The SMILES string of the molecule is NC1=NC(c2cccc(Oc3ccccc3)c2)C=C(c2ccc(F)cc2)N1. The zero-order chi connectivity index (χ0) is 18.6. The van der Waals surface area contributed by atoms with Gasteiger partial charge >= 0.3 is 0 Å². The zero-order valence-corrected chi connectivity index (χ0v) is 14.5. The van der Waals surface area contributed by atoms with Crippen molar-refractivity contribution in [2.75, 3.05) is 0 Å². The van der Waals surface area contributed by atoms with Crippen molar-refractivity contribution < 1.29 is 9.13 Å². The molecule has 4 nitrogen and oxygen atoms in total. The van der Waals surface area contributed by atoms with E-state index in [4.69, 9.17) is 10.5 Å². The molecule has 0 spiro atoms. The minimum absolute atomic E-state index is 0.259. The second kappa shape index (κ2) is 7.33. The van der Waals surface area contributed by atoms with E-state index in [1.54, 1.807) is 12.1 Å². The van der Waals surface area contributed by atoms with Crippen LogP contribution in [-0.4, -0.2) is 5.96 Å². The molecule has 5 heteroatoms. The van der Waals surface area contributed by atoms with Crippen molar-refractivity contribution in [3.05, 3.63) is 102 Å². The van der Waals surface area contributed by atoms with E-state index in [0.717, 1.165) is 28.3 Å². The van der Waals surface area contributed by atoms with E-state index in [0.29, 0.717) is 5.96 Å². The fourth-order valence-electron chi connectivity index (χ4n) is 2.91. The lowest BCUT2D eigenvalue weighted by molar-refractivity contribution is 0.481. The van der Waals surface area contributed by atoms with Crippen LogP contribution in [0.3, 0.4) is 0 Å². The van der Waals surface area contributed by atoms with Crippen LogP contribution < -0.4 is 15.8 Å². The van der Waals surface area contributed by atoms with Crippen molar-refractivity contribution >= 4 is 11.7 Å². The minimum atomic E-state index is -0.279. The summed E-state index contributed by atoms with van der Waals surface area (Å²) in [4.78, 5) is 4.47. The minimum Gasteiger partial charge on any atom is -0.457 e. The molecule has 1 unspecified atom stereocenters. The van der Waals surface area contributed by atoms with E-state index in [2.05, 4.69) is 10.3 Å². The molecule has 0 amide bonds. The molecule has 3 N–H and O–H groups in total. The number of hydrogen-bond acceptors (Lipinski definition) is 4. The molecule has 0 aromatic heterocycles. The van der Waals surface area contributed by atoms with Gasteiger partial charge in [0.2, 0.25) is 0 Å². The van der Waals surface area contributed by atoms with Crippen molar-refractivity contribution in [2.24, 2.45) is 10.7 Å². The predicted octanol–water partition coefficient (Wildman–Crippen LogP) is 4.62. The number of para-hydroxylation sites is 1. The molecule has 0 radical (unpaired) electrons. The number of hydrogen-bond donors (Lipinski definition) is 2. The Balaban J connectivity index is 1.62. The first-order valence-electron chi connectivity index (χ1n) is 8.58. The maximum Gasteiger partial charge on any atom is 0.194 e. The number of rotatable bonds is 4. The van der Waals surface area contributed by atoms with Gasteiger partial charge in [0, 0.05) is 5.70 Å². The summed E-state index contributed by atoms with van der Waals surface area (Å²) in [6.45, 7) is 0. The van der Waals surface area contributed by atoms with E-state index in [-0.39, 0.29) is 11.9 Å². The number of nitrogens with two attached hydrogens (primary N) is 1. The third kappa shape index (κ3) is 3.98. The van der Waals surface area contributed by atoms with Crippen LogP contribution >= 0.6 is 0 Å². The standard InChI is InChI=1S/C22H18FN3O/c23-17-11-9-15(10-12-17)20-14-21(26-22(24)25-20)16-5-4-8-19(13-16)27-18-6-2-1-3-7-18/h1-14,21H,(H3,24,25,26). The molecular formula is C22H18FN3O. The van der Waals surface area contributed by atoms with Crippen molar-refractivity contribution in [3.8, 4) is 11.5 Å². The summed E-state index contributed by atoms with van der Waals surface area (Å²) in [5.41, 5.74) is 8.56. The first-order valence-corrected chi connectivity index (χ1v) is 8.58. The molecule has 0 fully saturated rings. The lowest BCUT2D eigenvalue weighted by Gasteiger charge is -2.21. The quantitative estimate of drug-likeness (QED) is 0.715. The molecule has 1 heterocycles. The van der Waals surface area contributed by atoms with Gasteiger partial charge in [0.25, 0.3) is 0 Å². The highest BCUT2D eigenvalue weighted by molar-refractivity contribution is 5.90. The molecule has 27 heavy (non-hydrogen) atoms. The predicted molar refractivity (Wildman–Crippen MR) is 105 cm³/mol. The van der Waals surface area contributed by atoms with Crippen LogP contribution in [0.25, 0.3) is 5.70 Å². The third-order valence-electron chi connectivity index (χ3n) is 4.20. The average molecular weight is 359 g/mol. The Kier molecular flexibility index (Phi) is 4.58. The normalized spacial score (nSPS) is 16.1. The molecule has 0 bridgehead atoms. The van der Waals surface area contributed by atoms with E-state index in [1.165, 1.54) is 12.1 Å². The highest BCUT2D eigenvalue weighted by Crippen LogP contribution is 2.30. The Morgan fingerprint density at radius 1 is 0.889 bits per heavy atom. The van der Waals surface area contributed by atoms with Gasteiger partial charge in [0.1, 0.15) is 17.3 Å². The average Bonchev–Trinajstić information content (AvgIpc) is 2.69. The lowest BCUT2D eigenvalue weighted by Crippen LogP contribution is -2.33. The Bertz CT molecular complexity index is 998. The Morgan fingerprint density at radius 2 is 1.63 bits per heavy atom. The molecule has 3 aromatic rings. The second-order valence-corrected chi connectivity index (χ2v) is 6.16. The van der Waals surface area contributed by atoms with Gasteiger partial charge in [-0.1, -0.05) is 30.3 Å². The highest BCUT2D eigenvalue weighted by atomic mass is 19.1. The van der Waals surface area contributed by atoms with Crippen molar-refractivity contribution in [1.82, 2.24) is 5.32 Å². The number of ether oxygens (including phenoxy) is 1. The van der Waals surface area contributed by atoms with E-state index in [1.807, 2.05) is 60.7 Å². The molecule has 4 rings (SSSR count). The van der Waals surface area contributed by atoms with Crippen LogP contribution in [0.5, 0.6) is 11.5 Å². The van der Waals surface area contributed by atoms with E-state index < -0.39 is 0 Å². The topological polar surface area (TPSA) is 59.6 Å². The molecule has 134 valence electrons. The van der Waals surface area contributed by atoms with Crippen molar-refractivity contribution in [3.63, 3.8) is 0 Å². The number of nitrogens with one attached hydrogen (secondary N) is 1. The van der Waals surface area contributed by atoms with Crippen LogP contribution in [0.15, 0.2) is 89.9 Å². The van der Waals surface area contributed by atoms with Gasteiger partial charge in [-0.15, -0.1) is 0 Å². The Morgan fingerprint density at radius 3 is 2.41 bits per heavy atom. The molecule has 0 saturated heterocycles. The van der Waals surface area contributed by atoms with Crippen molar-refractivity contribution in [2.45, 2.75) is 6.04 Å². The highest BCUT2D eigenvalue weighted by Gasteiger charge is 2.17. The van der Waals surface area contributed by atoms with E-state index >= 15 is 0 Å². The molecule has 1 aliphatic rings. The number of halogens is 1. The molecule has 1 atom stereocenters. The largest absolute Gasteiger partial charge is 0.457 e. The number of nitrogens with zero attached hydrogens (tertiary/aromatic N) is 1. The van der Waals surface area contributed by atoms with Gasteiger partial charge in [-0.2, -0.15) is 0 Å². The first-order chi connectivity index (χ1) is 13.2. The van der Waals surface area contributed by atoms with Gasteiger partial charge in [-0.25, -0.2) is 9.38 Å². The zero-order valence-electron chi connectivity index (χ0n) is 14.5. The van der Waals surface area contributed by atoms with Crippen LogP contribution in [0.2, 0.25) is 0 Å². The molecule has 1 aliphatic heterocycles. The Hall–Kier alpha value is -3.60. The summed E-state index contributed by atoms with van der Waals surface area (Å²) in [6.07, 6.45) is 1.96. The maximum atomic E-state index is 13.2. The summed E-state index contributed by atoms with van der Waals surface area (Å²) in [6, 6.07) is 23.3. The lowest BCUT2D eigenvalue weighted by atomic mass is 10.0. The van der Waals surface area contributed by atoms with Crippen molar-refractivity contribution in [1.29, 1.82) is 0 Å². The van der Waals surface area contributed by atoms with Gasteiger partial charge in [0.05, 0.1) is 6.04 Å². The first kappa shape index (κ1) is 16.8. The smallest absolute Gasteiger partial charge is 0.194 e. The van der Waals surface area contributed by atoms with Gasteiger partial charge in [-0.05, 0) is 65.7 Å². The van der Waals surface area contributed by atoms with Crippen LogP contribution in [0.1, 0.15) is 17.2 Å². The summed E-state index contributed by atoms with van der Waals surface area (Å²) in [5, 5.41) is 3.04. The maximum absolute atomic E-state index is 13.2. The van der Waals surface area contributed by atoms with Crippen LogP contribution in [-0.2, 0) is 0 Å². The summed E-state index contributed by atoms with van der Waals surface area (Å²) in [7, 11) is 0. The number of guanidine groups is 1. The van der Waals surface area contributed by atoms with Crippen LogP contribution in [0.4, 0.5) is 4.39 Å². The van der Waals surface area contributed by atoms with Gasteiger partial charge < -0.3 is 15.8 Å².